The highest BCUT2D eigenvalue weighted by atomic mass is 32.1. The van der Waals surface area contributed by atoms with Crippen molar-refractivity contribution in [2.24, 2.45) is 0 Å². The van der Waals surface area contributed by atoms with Crippen molar-refractivity contribution in [1.82, 2.24) is 4.98 Å². The molecule has 1 N–H and O–H groups in total. The molecule has 0 saturated carbocycles. The number of rotatable bonds is 4. The van der Waals surface area contributed by atoms with E-state index in [-0.39, 0.29) is 11.7 Å². The quantitative estimate of drug-likeness (QED) is 0.513. The summed E-state index contributed by atoms with van der Waals surface area (Å²) in [5.74, 6) is 0.693. The number of furan rings is 1. The Labute approximate surface area is 155 Å². The van der Waals surface area contributed by atoms with Crippen LogP contribution in [-0.2, 0) is 0 Å². The molecule has 0 radical (unpaired) electrons. The van der Waals surface area contributed by atoms with Crippen molar-refractivity contribution in [3.8, 4) is 22.4 Å². The van der Waals surface area contributed by atoms with Gasteiger partial charge in [-0.1, -0.05) is 54.6 Å². The van der Waals surface area contributed by atoms with Gasteiger partial charge in [0.1, 0.15) is 5.76 Å². The number of amides is 1. The van der Waals surface area contributed by atoms with E-state index in [1.54, 1.807) is 19.1 Å². The first-order valence-corrected chi connectivity index (χ1v) is 9.06. The zero-order valence-corrected chi connectivity index (χ0v) is 14.9. The van der Waals surface area contributed by atoms with Gasteiger partial charge in [0, 0.05) is 10.9 Å². The van der Waals surface area contributed by atoms with E-state index in [0.717, 1.165) is 16.8 Å². The molecule has 2 heterocycles. The van der Waals surface area contributed by atoms with Gasteiger partial charge in [-0.3, -0.25) is 10.1 Å². The molecule has 2 aromatic heterocycles. The van der Waals surface area contributed by atoms with Crippen molar-refractivity contribution in [2.75, 3.05) is 5.32 Å². The van der Waals surface area contributed by atoms with E-state index in [9.17, 15) is 4.79 Å². The second-order valence-corrected chi connectivity index (χ2v) is 6.70. The molecule has 128 valence electrons. The number of nitrogens with one attached hydrogen (secondary N) is 1. The number of carbonyl (C=O) groups is 1. The summed E-state index contributed by atoms with van der Waals surface area (Å²) in [7, 11) is 0. The number of thiazole rings is 1. The van der Waals surface area contributed by atoms with Crippen molar-refractivity contribution in [2.45, 2.75) is 6.92 Å². The van der Waals surface area contributed by atoms with Gasteiger partial charge in [0.15, 0.2) is 10.9 Å². The monoisotopic (exact) mass is 360 g/mol. The van der Waals surface area contributed by atoms with Crippen LogP contribution in [0.15, 0.2) is 76.5 Å². The minimum absolute atomic E-state index is 0.284. The van der Waals surface area contributed by atoms with Gasteiger partial charge in [-0.2, -0.15) is 0 Å². The van der Waals surface area contributed by atoms with Crippen LogP contribution in [-0.4, -0.2) is 10.9 Å². The lowest BCUT2D eigenvalue weighted by Crippen LogP contribution is -2.10. The topological polar surface area (TPSA) is 55.1 Å². The largest absolute Gasteiger partial charge is 0.456 e. The highest BCUT2D eigenvalue weighted by molar-refractivity contribution is 7.14. The van der Waals surface area contributed by atoms with Gasteiger partial charge in [0.2, 0.25) is 0 Å². The third-order valence-electron chi connectivity index (χ3n) is 3.98. The van der Waals surface area contributed by atoms with Crippen LogP contribution in [0.5, 0.6) is 0 Å². The predicted molar refractivity (Wildman–Crippen MR) is 104 cm³/mol. The van der Waals surface area contributed by atoms with Gasteiger partial charge in [-0.15, -0.1) is 11.3 Å². The summed E-state index contributed by atoms with van der Waals surface area (Å²) in [6.45, 7) is 1.80. The Bertz CT molecular complexity index is 1030. The van der Waals surface area contributed by atoms with Crippen LogP contribution in [0.4, 0.5) is 5.13 Å². The Hall–Kier alpha value is -3.18. The molecule has 0 aliphatic rings. The maximum Gasteiger partial charge on any atom is 0.293 e. The highest BCUT2D eigenvalue weighted by Crippen LogP contribution is 2.28. The fourth-order valence-electron chi connectivity index (χ4n) is 2.64. The number of carbonyl (C=O) groups excluding carboxylic acids is 1. The number of nitrogens with zero attached hydrogens (tertiary/aromatic N) is 1. The van der Waals surface area contributed by atoms with Crippen LogP contribution in [0.1, 0.15) is 16.3 Å². The summed E-state index contributed by atoms with van der Waals surface area (Å²) in [6.07, 6.45) is 0. The summed E-state index contributed by atoms with van der Waals surface area (Å²) >= 11 is 1.39. The molecule has 0 spiro atoms. The van der Waals surface area contributed by atoms with E-state index < -0.39 is 0 Å². The second-order valence-electron chi connectivity index (χ2n) is 5.85. The third kappa shape index (κ3) is 3.43. The Kier molecular flexibility index (Phi) is 4.37. The normalized spacial score (nSPS) is 10.7. The molecule has 1 amide bonds. The van der Waals surface area contributed by atoms with Crippen LogP contribution in [0.3, 0.4) is 0 Å². The van der Waals surface area contributed by atoms with Crippen molar-refractivity contribution in [3.05, 3.63) is 83.6 Å². The number of anilines is 1. The summed E-state index contributed by atoms with van der Waals surface area (Å²) in [6, 6.07) is 21.9. The Morgan fingerprint density at radius 1 is 0.923 bits per heavy atom. The van der Waals surface area contributed by atoms with E-state index in [0.29, 0.717) is 10.9 Å². The van der Waals surface area contributed by atoms with Crippen LogP contribution in [0.25, 0.3) is 22.4 Å². The second kappa shape index (κ2) is 6.98. The summed E-state index contributed by atoms with van der Waals surface area (Å²) in [5.41, 5.74) is 4.18. The zero-order chi connectivity index (χ0) is 17.9. The van der Waals surface area contributed by atoms with E-state index in [2.05, 4.69) is 34.6 Å². The van der Waals surface area contributed by atoms with E-state index in [1.807, 2.05) is 35.7 Å². The lowest BCUT2D eigenvalue weighted by atomic mass is 10.0. The van der Waals surface area contributed by atoms with Gasteiger partial charge in [0.05, 0.1) is 5.69 Å². The predicted octanol–water partition coefficient (Wildman–Crippen LogP) is 5.63. The Morgan fingerprint density at radius 2 is 1.62 bits per heavy atom. The fourth-order valence-corrected chi connectivity index (χ4v) is 3.36. The van der Waals surface area contributed by atoms with Gasteiger partial charge < -0.3 is 4.42 Å². The molecule has 4 nitrogen and oxygen atoms in total. The number of benzene rings is 2. The zero-order valence-electron chi connectivity index (χ0n) is 14.1. The molecular weight excluding hydrogens is 344 g/mol. The van der Waals surface area contributed by atoms with Crippen LogP contribution in [0, 0.1) is 6.92 Å². The molecule has 2 aromatic carbocycles. The molecule has 0 aliphatic carbocycles. The molecule has 4 aromatic rings. The lowest BCUT2D eigenvalue weighted by molar-refractivity contribution is 0.0995. The molecule has 0 fully saturated rings. The fraction of sp³-hybridized carbons (Fsp3) is 0.0476. The summed E-state index contributed by atoms with van der Waals surface area (Å²) in [5, 5.41) is 5.25. The maximum atomic E-state index is 12.1. The van der Waals surface area contributed by atoms with Gasteiger partial charge in [-0.05, 0) is 30.2 Å². The minimum atomic E-state index is -0.293. The molecule has 26 heavy (non-hydrogen) atoms. The van der Waals surface area contributed by atoms with Crippen LogP contribution < -0.4 is 5.32 Å². The SMILES string of the molecule is Cc1ccc(C(=O)Nc2nc(-c3ccc(-c4ccccc4)cc3)cs2)o1. The molecular formula is C21H16N2O2S. The number of hydrogen-bond donors (Lipinski definition) is 1. The minimum Gasteiger partial charge on any atom is -0.456 e. The van der Waals surface area contributed by atoms with Gasteiger partial charge >= 0.3 is 0 Å². The Morgan fingerprint density at radius 3 is 2.31 bits per heavy atom. The van der Waals surface area contributed by atoms with Crippen LogP contribution in [0.2, 0.25) is 0 Å². The van der Waals surface area contributed by atoms with E-state index >= 15 is 0 Å². The molecule has 0 aliphatic heterocycles. The molecule has 0 saturated heterocycles. The average molecular weight is 360 g/mol. The summed E-state index contributed by atoms with van der Waals surface area (Å²) < 4.78 is 5.33. The first-order chi connectivity index (χ1) is 12.7. The maximum absolute atomic E-state index is 12.1. The number of aromatic nitrogens is 1. The average Bonchev–Trinajstić information content (AvgIpc) is 3.32. The molecule has 4 rings (SSSR count). The highest BCUT2D eigenvalue weighted by Gasteiger charge is 2.13. The van der Waals surface area contributed by atoms with Gasteiger partial charge in [0.25, 0.3) is 5.91 Å². The van der Waals surface area contributed by atoms with E-state index in [4.69, 9.17) is 4.42 Å². The molecule has 0 unspecified atom stereocenters. The van der Waals surface area contributed by atoms with Crippen molar-refractivity contribution in [3.63, 3.8) is 0 Å². The smallest absolute Gasteiger partial charge is 0.293 e. The van der Waals surface area contributed by atoms with Crippen molar-refractivity contribution in [1.29, 1.82) is 0 Å². The standard InChI is InChI=1S/C21H16N2O2S/c1-14-7-12-19(25-14)20(24)23-21-22-18(13-26-21)17-10-8-16(9-11-17)15-5-3-2-4-6-15/h2-13H,1H3,(H,22,23,24). The first-order valence-electron chi connectivity index (χ1n) is 8.18. The van der Waals surface area contributed by atoms with Crippen LogP contribution >= 0.6 is 11.3 Å². The molecule has 0 atom stereocenters. The molecule has 5 heteroatoms. The van der Waals surface area contributed by atoms with E-state index in [1.165, 1.54) is 16.9 Å². The number of hydrogen-bond acceptors (Lipinski definition) is 4. The first kappa shape index (κ1) is 16.3. The molecule has 0 bridgehead atoms. The third-order valence-corrected chi connectivity index (χ3v) is 4.73. The van der Waals surface area contributed by atoms with Gasteiger partial charge in [-0.25, -0.2) is 4.98 Å². The number of aryl methyl sites for hydroxylation is 1. The van der Waals surface area contributed by atoms with Crippen molar-refractivity contribution >= 4 is 22.4 Å². The Balaban J connectivity index is 1.50. The lowest BCUT2D eigenvalue weighted by Gasteiger charge is -2.03. The summed E-state index contributed by atoms with van der Waals surface area (Å²) in [4.78, 5) is 16.6. The van der Waals surface area contributed by atoms with Crippen molar-refractivity contribution < 1.29 is 9.21 Å².